The molecule has 0 spiro atoms. The summed E-state index contributed by atoms with van der Waals surface area (Å²) in [4.78, 5) is 4.07. The average Bonchev–Trinajstić information content (AvgIpc) is 2.58. The van der Waals surface area contributed by atoms with Gasteiger partial charge in [0.2, 0.25) is 0 Å². The first-order valence-electron chi connectivity index (χ1n) is 3.29. The number of pyridine rings is 1. The third-order valence-electron chi connectivity index (χ3n) is 1.31. The zero-order valence-corrected chi connectivity index (χ0v) is 5.81. The average molecular weight is 144 g/mol. The van der Waals surface area contributed by atoms with Crippen LogP contribution in [0.25, 0.3) is 5.82 Å². The first-order valence-corrected chi connectivity index (χ1v) is 3.29. The molecule has 11 heavy (non-hydrogen) atoms. The third kappa shape index (κ3) is 1.12. The molecule has 0 unspecified atom stereocenters. The van der Waals surface area contributed by atoms with Crippen LogP contribution in [0.1, 0.15) is 0 Å². The molecule has 2 heterocycles. The predicted molar refractivity (Wildman–Crippen MR) is 40.2 cm³/mol. The highest BCUT2D eigenvalue weighted by molar-refractivity contribution is 5.17. The fraction of sp³-hybridized carbons (Fsp3) is 0. The summed E-state index contributed by atoms with van der Waals surface area (Å²) in [5.41, 5.74) is 0. The lowest BCUT2D eigenvalue weighted by Gasteiger charge is -1.95. The first-order chi connectivity index (χ1) is 5.47. The lowest BCUT2D eigenvalue weighted by atomic mass is 10.5. The van der Waals surface area contributed by atoms with Gasteiger partial charge in [-0.15, -0.1) is 0 Å². The lowest BCUT2D eigenvalue weighted by molar-refractivity contribution is 0.845. The van der Waals surface area contributed by atoms with E-state index in [-0.39, 0.29) is 0 Å². The van der Waals surface area contributed by atoms with E-state index in [2.05, 4.69) is 16.1 Å². The van der Waals surface area contributed by atoms with Crippen LogP contribution in [-0.4, -0.2) is 14.8 Å². The van der Waals surface area contributed by atoms with Crippen molar-refractivity contribution < 1.29 is 0 Å². The van der Waals surface area contributed by atoms with Crippen molar-refractivity contribution in [3.8, 4) is 5.82 Å². The Balaban J connectivity index is 2.46. The van der Waals surface area contributed by atoms with E-state index >= 15 is 0 Å². The maximum Gasteiger partial charge on any atom is 0.161 e. The van der Waals surface area contributed by atoms with Gasteiger partial charge in [-0.2, -0.15) is 5.10 Å². The van der Waals surface area contributed by atoms with Crippen LogP contribution in [0.5, 0.6) is 0 Å². The molecule has 0 saturated carbocycles. The van der Waals surface area contributed by atoms with E-state index in [9.17, 15) is 0 Å². The molecule has 0 atom stereocenters. The monoisotopic (exact) mass is 144 g/mol. The zero-order chi connectivity index (χ0) is 7.52. The summed E-state index contributed by atoms with van der Waals surface area (Å²) in [6.45, 7) is 0. The molecular weight excluding hydrogens is 138 g/mol. The number of hydrogen-bond acceptors (Lipinski definition) is 2. The van der Waals surface area contributed by atoms with E-state index in [1.807, 2.05) is 24.4 Å². The molecule has 0 aromatic carbocycles. The SMILES string of the molecule is [c]1cccnc1-n1cccn1. The summed E-state index contributed by atoms with van der Waals surface area (Å²) in [6.07, 6.45) is 5.26. The van der Waals surface area contributed by atoms with E-state index in [1.54, 1.807) is 17.1 Å². The fourth-order valence-corrected chi connectivity index (χ4v) is 0.836. The van der Waals surface area contributed by atoms with Crippen molar-refractivity contribution in [2.45, 2.75) is 0 Å². The second kappa shape index (κ2) is 2.54. The minimum Gasteiger partial charge on any atom is -0.237 e. The third-order valence-corrected chi connectivity index (χ3v) is 1.31. The van der Waals surface area contributed by atoms with Crippen molar-refractivity contribution in [3.63, 3.8) is 0 Å². The van der Waals surface area contributed by atoms with Crippen molar-refractivity contribution in [2.24, 2.45) is 0 Å². The van der Waals surface area contributed by atoms with E-state index in [0.29, 0.717) is 0 Å². The van der Waals surface area contributed by atoms with Gasteiger partial charge in [-0.1, -0.05) is 0 Å². The molecule has 3 nitrogen and oxygen atoms in total. The highest BCUT2D eigenvalue weighted by atomic mass is 15.3. The molecule has 0 N–H and O–H groups in total. The van der Waals surface area contributed by atoms with E-state index in [1.165, 1.54) is 0 Å². The number of nitrogens with zero attached hydrogens (tertiary/aromatic N) is 3. The lowest BCUT2D eigenvalue weighted by Crippen LogP contribution is -1.96. The van der Waals surface area contributed by atoms with Gasteiger partial charge in [-0.3, -0.25) is 0 Å². The van der Waals surface area contributed by atoms with Crippen molar-refractivity contribution in [3.05, 3.63) is 42.9 Å². The van der Waals surface area contributed by atoms with Gasteiger partial charge in [-0.05, 0) is 18.2 Å². The van der Waals surface area contributed by atoms with Crippen molar-refractivity contribution in [1.29, 1.82) is 0 Å². The maximum absolute atomic E-state index is 4.07. The Morgan fingerprint density at radius 3 is 2.91 bits per heavy atom. The molecule has 0 saturated heterocycles. The molecular formula is C8H6N3. The van der Waals surface area contributed by atoms with Crippen LogP contribution in [-0.2, 0) is 0 Å². The quantitative estimate of drug-likeness (QED) is 0.599. The van der Waals surface area contributed by atoms with Gasteiger partial charge in [0.15, 0.2) is 5.82 Å². The molecule has 0 aliphatic rings. The summed E-state index contributed by atoms with van der Waals surface area (Å²) in [6, 6.07) is 8.45. The van der Waals surface area contributed by atoms with Gasteiger partial charge in [0.1, 0.15) is 0 Å². The van der Waals surface area contributed by atoms with E-state index in [4.69, 9.17) is 0 Å². The topological polar surface area (TPSA) is 30.7 Å². The second-order valence-electron chi connectivity index (χ2n) is 2.06. The molecule has 3 heteroatoms. The Labute approximate surface area is 64.3 Å². The van der Waals surface area contributed by atoms with Crippen molar-refractivity contribution >= 4 is 0 Å². The van der Waals surface area contributed by atoms with Gasteiger partial charge in [-0.25, -0.2) is 9.67 Å². The Bertz CT molecular complexity index is 312. The Hall–Kier alpha value is -1.64. The minimum absolute atomic E-state index is 0.720. The Morgan fingerprint density at radius 1 is 1.27 bits per heavy atom. The molecule has 2 aromatic rings. The largest absolute Gasteiger partial charge is 0.237 e. The molecule has 53 valence electrons. The molecule has 0 amide bonds. The van der Waals surface area contributed by atoms with E-state index < -0.39 is 0 Å². The molecule has 0 aliphatic carbocycles. The van der Waals surface area contributed by atoms with Gasteiger partial charge < -0.3 is 0 Å². The highest BCUT2D eigenvalue weighted by Crippen LogP contribution is 1.97. The maximum atomic E-state index is 4.07. The second-order valence-corrected chi connectivity index (χ2v) is 2.06. The van der Waals surface area contributed by atoms with Crippen LogP contribution >= 0.6 is 0 Å². The van der Waals surface area contributed by atoms with Gasteiger partial charge >= 0.3 is 0 Å². The van der Waals surface area contributed by atoms with Crippen LogP contribution in [0.15, 0.2) is 36.8 Å². The molecule has 2 aromatic heterocycles. The van der Waals surface area contributed by atoms with Crippen LogP contribution in [0.3, 0.4) is 0 Å². The Kier molecular flexibility index (Phi) is 1.41. The molecule has 0 bridgehead atoms. The first kappa shape index (κ1) is 6.09. The zero-order valence-electron chi connectivity index (χ0n) is 5.81. The highest BCUT2D eigenvalue weighted by Gasteiger charge is 1.92. The normalized spacial score (nSPS) is 9.82. The fourth-order valence-electron chi connectivity index (χ4n) is 0.836. The van der Waals surface area contributed by atoms with Crippen LogP contribution in [0.2, 0.25) is 0 Å². The van der Waals surface area contributed by atoms with Crippen LogP contribution in [0.4, 0.5) is 0 Å². The van der Waals surface area contributed by atoms with Crippen molar-refractivity contribution in [2.75, 3.05) is 0 Å². The standard InChI is InChI=1S/C8H6N3/c1-2-5-9-8(4-1)11-7-3-6-10-11/h1-3,5-7H. The summed E-state index contributed by atoms with van der Waals surface area (Å²) in [5.74, 6) is 0.720. The van der Waals surface area contributed by atoms with Gasteiger partial charge in [0.05, 0.1) is 0 Å². The molecule has 0 fully saturated rings. The number of rotatable bonds is 1. The summed E-state index contributed by atoms with van der Waals surface area (Å²) >= 11 is 0. The summed E-state index contributed by atoms with van der Waals surface area (Å²) < 4.78 is 1.67. The van der Waals surface area contributed by atoms with E-state index in [0.717, 1.165) is 5.82 Å². The number of aromatic nitrogens is 3. The smallest absolute Gasteiger partial charge is 0.161 e. The molecule has 1 radical (unpaired) electrons. The van der Waals surface area contributed by atoms with Crippen molar-refractivity contribution in [1.82, 2.24) is 14.8 Å². The molecule has 2 rings (SSSR count). The van der Waals surface area contributed by atoms with Crippen LogP contribution < -0.4 is 0 Å². The summed E-state index contributed by atoms with van der Waals surface area (Å²) in [5, 5.41) is 4.01. The predicted octanol–water partition coefficient (Wildman–Crippen LogP) is 1.07. The summed E-state index contributed by atoms with van der Waals surface area (Å²) in [7, 11) is 0. The van der Waals surface area contributed by atoms with Gasteiger partial charge in [0.25, 0.3) is 0 Å². The van der Waals surface area contributed by atoms with Gasteiger partial charge in [0, 0.05) is 24.7 Å². The molecule has 0 aliphatic heterocycles. The Morgan fingerprint density at radius 2 is 2.27 bits per heavy atom. The minimum atomic E-state index is 0.720. The van der Waals surface area contributed by atoms with Crippen LogP contribution in [0, 0.1) is 6.07 Å². The number of hydrogen-bond donors (Lipinski definition) is 0.